The number of ether oxygens (including phenoxy) is 1. The fourth-order valence-corrected chi connectivity index (χ4v) is 0.357. The Kier molecular flexibility index (Phi) is 7.45. The zero-order valence-electron chi connectivity index (χ0n) is 6.82. The van der Waals surface area contributed by atoms with Crippen LogP contribution in [0.1, 0.15) is 20.8 Å². The molecule has 0 fully saturated rings. The van der Waals surface area contributed by atoms with Gasteiger partial charge in [-0.3, -0.25) is 0 Å². The molecule has 56 valence electrons. The number of hydrogen-bond acceptors (Lipinski definition) is 2. The molecule has 10 heavy (non-hydrogen) atoms. The summed E-state index contributed by atoms with van der Waals surface area (Å²) in [5.74, 6) is -0.241. The van der Waals surface area contributed by atoms with Crippen LogP contribution in [0, 0.1) is 0 Å². The number of carbonyl (C=O) groups is 1. The molecule has 0 aromatic carbocycles. The summed E-state index contributed by atoms with van der Waals surface area (Å²) in [6, 6.07) is 0. The molecule has 0 saturated carbocycles. The second-order valence-electron chi connectivity index (χ2n) is 2.12. The molecule has 0 unspecified atom stereocenters. The second kappa shape index (κ2) is 5.85. The van der Waals surface area contributed by atoms with Crippen molar-refractivity contribution in [2.24, 2.45) is 0 Å². The van der Waals surface area contributed by atoms with Crippen LogP contribution in [0.4, 0.5) is 0 Å². The van der Waals surface area contributed by atoms with Gasteiger partial charge in [0.15, 0.2) is 0 Å². The van der Waals surface area contributed by atoms with E-state index in [2.05, 4.69) is 4.74 Å². The molecule has 0 amide bonds. The first-order valence-electron chi connectivity index (χ1n) is 2.82. The topological polar surface area (TPSA) is 26.3 Å². The Morgan fingerprint density at radius 1 is 1.20 bits per heavy atom. The van der Waals surface area contributed by atoms with Crippen molar-refractivity contribution in [1.29, 1.82) is 0 Å². The first-order valence-corrected chi connectivity index (χ1v) is 2.82. The number of methoxy groups -OCH3 is 1. The fraction of sp³-hybridized carbons (Fsp3) is 0.571. The maximum Gasteiger partial charge on any atom is 0.333 e. The van der Waals surface area contributed by atoms with Gasteiger partial charge in [0.2, 0.25) is 0 Å². The van der Waals surface area contributed by atoms with Crippen molar-refractivity contribution < 1.29 is 35.7 Å². The van der Waals surface area contributed by atoms with Crippen molar-refractivity contribution in [2.45, 2.75) is 20.8 Å². The van der Waals surface area contributed by atoms with Crippen molar-refractivity contribution >= 4 is 5.97 Å². The van der Waals surface area contributed by atoms with Crippen molar-refractivity contribution in [3.8, 4) is 0 Å². The molecular formula is C7H12O2Zr. The van der Waals surface area contributed by atoms with Gasteiger partial charge in [-0.1, -0.05) is 5.57 Å². The third-order valence-electron chi connectivity index (χ3n) is 1.24. The summed E-state index contributed by atoms with van der Waals surface area (Å²) >= 11 is 0. The number of hydrogen-bond donors (Lipinski definition) is 0. The molecule has 0 heterocycles. The van der Waals surface area contributed by atoms with E-state index in [4.69, 9.17) is 0 Å². The molecule has 0 aliphatic rings. The second-order valence-corrected chi connectivity index (χ2v) is 2.12. The molecule has 0 atom stereocenters. The maximum absolute atomic E-state index is 10.7. The summed E-state index contributed by atoms with van der Waals surface area (Å²) in [6.45, 7) is 5.51. The monoisotopic (exact) mass is 218 g/mol. The van der Waals surface area contributed by atoms with Gasteiger partial charge in [-0.2, -0.15) is 0 Å². The van der Waals surface area contributed by atoms with E-state index in [9.17, 15) is 4.79 Å². The molecule has 0 aliphatic heterocycles. The van der Waals surface area contributed by atoms with Gasteiger partial charge >= 0.3 is 5.97 Å². The van der Waals surface area contributed by atoms with Crippen LogP contribution in [0.2, 0.25) is 0 Å². The summed E-state index contributed by atoms with van der Waals surface area (Å²) in [5.41, 5.74) is 1.69. The first-order chi connectivity index (χ1) is 4.09. The number of allylic oxidation sites excluding steroid dienone is 1. The summed E-state index contributed by atoms with van der Waals surface area (Å²) in [6.07, 6.45) is 0. The maximum atomic E-state index is 10.7. The third-order valence-corrected chi connectivity index (χ3v) is 1.24. The minimum absolute atomic E-state index is 0. The Bertz CT molecular complexity index is 146. The number of carbonyl (C=O) groups excluding carboxylic acids is 1. The van der Waals surface area contributed by atoms with Crippen LogP contribution in [-0.2, 0) is 35.7 Å². The minimum Gasteiger partial charge on any atom is -0.466 e. The molecule has 0 aliphatic carbocycles. The van der Waals surface area contributed by atoms with E-state index in [-0.39, 0.29) is 32.2 Å². The average Bonchev–Trinajstić information content (AvgIpc) is 1.84. The van der Waals surface area contributed by atoms with Gasteiger partial charge in [0.05, 0.1) is 7.11 Å². The van der Waals surface area contributed by atoms with E-state index in [1.807, 2.05) is 13.8 Å². The van der Waals surface area contributed by atoms with Crippen molar-refractivity contribution in [3.63, 3.8) is 0 Å². The summed E-state index contributed by atoms with van der Waals surface area (Å²) in [5, 5.41) is 0. The molecule has 0 radical (unpaired) electrons. The van der Waals surface area contributed by atoms with Crippen molar-refractivity contribution in [3.05, 3.63) is 11.1 Å². The Labute approximate surface area is 80.8 Å². The van der Waals surface area contributed by atoms with E-state index in [1.54, 1.807) is 6.92 Å². The Morgan fingerprint density at radius 3 is 1.70 bits per heavy atom. The molecule has 0 aromatic rings. The fourth-order valence-electron chi connectivity index (χ4n) is 0.357. The predicted octanol–water partition coefficient (Wildman–Crippen LogP) is 1.51. The number of rotatable bonds is 1. The summed E-state index contributed by atoms with van der Waals surface area (Å²) < 4.78 is 4.48. The van der Waals surface area contributed by atoms with Crippen LogP contribution in [0.3, 0.4) is 0 Å². The van der Waals surface area contributed by atoms with Gasteiger partial charge in [0.25, 0.3) is 0 Å². The Hall–Kier alpha value is 0.0931. The minimum atomic E-state index is -0.241. The molecule has 0 bridgehead atoms. The third kappa shape index (κ3) is 4.00. The average molecular weight is 219 g/mol. The van der Waals surface area contributed by atoms with Gasteiger partial charge in [-0.05, 0) is 20.8 Å². The quantitative estimate of drug-likeness (QED) is 0.494. The van der Waals surface area contributed by atoms with Gasteiger partial charge in [-0.25, -0.2) is 4.79 Å². The molecule has 2 nitrogen and oxygen atoms in total. The summed E-state index contributed by atoms with van der Waals surface area (Å²) in [4.78, 5) is 10.7. The van der Waals surface area contributed by atoms with Crippen LogP contribution >= 0.6 is 0 Å². The van der Waals surface area contributed by atoms with Crippen LogP contribution in [0.15, 0.2) is 11.1 Å². The van der Waals surface area contributed by atoms with E-state index in [0.717, 1.165) is 5.57 Å². The van der Waals surface area contributed by atoms with Crippen LogP contribution in [0.25, 0.3) is 0 Å². The molecule has 0 rings (SSSR count). The van der Waals surface area contributed by atoms with Gasteiger partial charge < -0.3 is 4.74 Å². The van der Waals surface area contributed by atoms with E-state index in [1.165, 1.54) is 7.11 Å². The van der Waals surface area contributed by atoms with E-state index < -0.39 is 0 Å². The van der Waals surface area contributed by atoms with Crippen LogP contribution < -0.4 is 0 Å². The number of esters is 1. The first kappa shape index (κ1) is 12.7. The molecule has 0 saturated heterocycles. The molecule has 0 N–H and O–H groups in total. The molecule has 0 aromatic heterocycles. The zero-order chi connectivity index (χ0) is 7.44. The summed E-state index contributed by atoms with van der Waals surface area (Å²) in [7, 11) is 1.38. The molecule has 3 heteroatoms. The largest absolute Gasteiger partial charge is 0.466 e. The van der Waals surface area contributed by atoms with Crippen LogP contribution in [0.5, 0.6) is 0 Å². The van der Waals surface area contributed by atoms with Crippen molar-refractivity contribution in [2.75, 3.05) is 7.11 Å². The standard InChI is InChI=1S/C7H12O2.Zr/c1-5(2)6(3)7(8)9-4;/h1-4H3;. The molecular weight excluding hydrogens is 207 g/mol. The Morgan fingerprint density at radius 2 is 1.60 bits per heavy atom. The van der Waals surface area contributed by atoms with Crippen molar-refractivity contribution in [1.82, 2.24) is 0 Å². The van der Waals surface area contributed by atoms with Gasteiger partial charge in [0.1, 0.15) is 0 Å². The molecule has 0 spiro atoms. The van der Waals surface area contributed by atoms with Gasteiger partial charge in [-0.15, -0.1) is 0 Å². The van der Waals surface area contributed by atoms with E-state index >= 15 is 0 Å². The van der Waals surface area contributed by atoms with Crippen LogP contribution in [-0.4, -0.2) is 13.1 Å². The predicted molar refractivity (Wildman–Crippen MR) is 36.1 cm³/mol. The van der Waals surface area contributed by atoms with E-state index in [0.29, 0.717) is 5.57 Å². The Balaban J connectivity index is 0. The SMILES string of the molecule is COC(=O)C(C)=C(C)C.[Zr]. The smallest absolute Gasteiger partial charge is 0.333 e. The normalized spacial score (nSPS) is 7.60. The van der Waals surface area contributed by atoms with Gasteiger partial charge in [0, 0.05) is 31.8 Å². The zero-order valence-corrected chi connectivity index (χ0v) is 9.27.